The molecule has 21 heavy (non-hydrogen) atoms. The van der Waals surface area contributed by atoms with Gasteiger partial charge in [-0.3, -0.25) is 4.90 Å². The second kappa shape index (κ2) is 8.14. The fourth-order valence-corrected chi connectivity index (χ4v) is 3.07. The minimum absolute atomic E-state index is 0.517. The first kappa shape index (κ1) is 16.8. The van der Waals surface area contributed by atoms with Gasteiger partial charge in [0.15, 0.2) is 0 Å². The molecule has 0 radical (unpaired) electrons. The maximum Gasteiger partial charge on any atom is 0.0593 e. The summed E-state index contributed by atoms with van der Waals surface area (Å²) in [4.78, 5) is 4.75. The van der Waals surface area contributed by atoms with Gasteiger partial charge in [0.2, 0.25) is 0 Å². The van der Waals surface area contributed by atoms with E-state index in [1.807, 2.05) is 12.1 Å². The van der Waals surface area contributed by atoms with Gasteiger partial charge in [-0.1, -0.05) is 29.8 Å². The summed E-state index contributed by atoms with van der Waals surface area (Å²) in [6.45, 7) is 7.00. The van der Waals surface area contributed by atoms with Crippen LogP contribution in [0.25, 0.3) is 0 Å². The van der Waals surface area contributed by atoms with Gasteiger partial charge in [0.25, 0.3) is 0 Å². The third-order valence-electron chi connectivity index (χ3n) is 4.39. The summed E-state index contributed by atoms with van der Waals surface area (Å²) in [7, 11) is 4.26. The van der Waals surface area contributed by atoms with Crippen molar-refractivity contribution in [2.24, 2.45) is 5.92 Å². The van der Waals surface area contributed by atoms with Crippen LogP contribution in [0.15, 0.2) is 24.3 Å². The number of halogens is 1. The van der Waals surface area contributed by atoms with E-state index in [4.69, 9.17) is 16.3 Å². The first-order valence-electron chi connectivity index (χ1n) is 7.78. The summed E-state index contributed by atoms with van der Waals surface area (Å²) in [5.41, 5.74) is 1.21. The molecule has 4 heteroatoms. The molecule has 118 valence electrons. The molecule has 0 aromatic heterocycles. The van der Waals surface area contributed by atoms with Crippen molar-refractivity contribution >= 4 is 11.6 Å². The molecule has 0 aliphatic carbocycles. The SMILES string of the molecule is C[C@H]1[C@H](CCN(C)C)COCCN1Cc1ccccc1Cl. The van der Waals surface area contributed by atoms with Crippen molar-refractivity contribution in [1.82, 2.24) is 9.80 Å². The number of hydrogen-bond donors (Lipinski definition) is 0. The average Bonchev–Trinajstić information content (AvgIpc) is 2.62. The molecule has 2 rings (SSSR count). The van der Waals surface area contributed by atoms with Crippen LogP contribution in [0.1, 0.15) is 18.9 Å². The molecule has 0 spiro atoms. The van der Waals surface area contributed by atoms with Crippen molar-refractivity contribution in [3.05, 3.63) is 34.9 Å². The largest absolute Gasteiger partial charge is 0.380 e. The van der Waals surface area contributed by atoms with Crippen LogP contribution in [-0.2, 0) is 11.3 Å². The van der Waals surface area contributed by atoms with Gasteiger partial charge in [0, 0.05) is 24.2 Å². The second-order valence-electron chi connectivity index (χ2n) is 6.23. The van der Waals surface area contributed by atoms with Crippen LogP contribution in [0.4, 0.5) is 0 Å². The molecule has 0 bridgehead atoms. The van der Waals surface area contributed by atoms with Crippen LogP contribution in [0.2, 0.25) is 5.02 Å². The van der Waals surface area contributed by atoms with E-state index < -0.39 is 0 Å². The summed E-state index contributed by atoms with van der Waals surface area (Å²) < 4.78 is 5.81. The number of ether oxygens (including phenoxy) is 1. The van der Waals surface area contributed by atoms with Gasteiger partial charge >= 0.3 is 0 Å². The zero-order valence-electron chi connectivity index (χ0n) is 13.4. The predicted octanol–water partition coefficient (Wildman–Crippen LogP) is 3.13. The van der Waals surface area contributed by atoms with Crippen LogP contribution in [0.3, 0.4) is 0 Å². The normalized spacial score (nSPS) is 24.2. The monoisotopic (exact) mass is 310 g/mol. The standard InChI is InChI=1S/C17H27ClN2O/c1-14-16(8-9-19(2)3)13-21-11-10-20(14)12-15-6-4-5-7-17(15)18/h4-7,14,16H,8-13H2,1-3H3/t14-,16+/m0/s1. The summed E-state index contributed by atoms with van der Waals surface area (Å²) >= 11 is 6.31. The molecule has 0 saturated carbocycles. The van der Waals surface area contributed by atoms with Crippen molar-refractivity contribution in [2.75, 3.05) is 40.4 Å². The lowest BCUT2D eigenvalue weighted by Crippen LogP contribution is -2.39. The summed E-state index contributed by atoms with van der Waals surface area (Å²) in [6, 6.07) is 8.66. The molecule has 0 amide bonds. The van der Waals surface area contributed by atoms with E-state index in [9.17, 15) is 0 Å². The number of nitrogens with zero attached hydrogens (tertiary/aromatic N) is 2. The molecule has 1 saturated heterocycles. The molecule has 0 unspecified atom stereocenters. The van der Waals surface area contributed by atoms with Crippen molar-refractivity contribution in [3.8, 4) is 0 Å². The Morgan fingerprint density at radius 2 is 2.10 bits per heavy atom. The molecule has 1 fully saturated rings. The third kappa shape index (κ3) is 4.96. The van der Waals surface area contributed by atoms with E-state index in [0.717, 1.165) is 37.9 Å². The molecular weight excluding hydrogens is 284 g/mol. The first-order chi connectivity index (χ1) is 10.1. The van der Waals surface area contributed by atoms with Gasteiger partial charge in [-0.15, -0.1) is 0 Å². The lowest BCUT2D eigenvalue weighted by molar-refractivity contribution is 0.110. The molecule has 1 aliphatic heterocycles. The topological polar surface area (TPSA) is 15.7 Å². The molecule has 1 aromatic rings. The number of benzene rings is 1. The summed E-state index contributed by atoms with van der Waals surface area (Å²) in [5, 5.41) is 0.861. The van der Waals surface area contributed by atoms with Gasteiger partial charge in [-0.05, 0) is 51.5 Å². The van der Waals surface area contributed by atoms with E-state index >= 15 is 0 Å². The Labute approximate surface area is 133 Å². The smallest absolute Gasteiger partial charge is 0.0593 e. The Bertz CT molecular complexity index is 439. The lowest BCUT2D eigenvalue weighted by Gasteiger charge is -2.32. The van der Waals surface area contributed by atoms with Gasteiger partial charge in [0.05, 0.1) is 13.2 Å². The highest BCUT2D eigenvalue weighted by molar-refractivity contribution is 6.31. The van der Waals surface area contributed by atoms with Crippen molar-refractivity contribution in [2.45, 2.75) is 25.9 Å². The Kier molecular flexibility index (Phi) is 6.49. The maximum atomic E-state index is 6.31. The first-order valence-corrected chi connectivity index (χ1v) is 8.15. The number of rotatable bonds is 5. The average molecular weight is 311 g/mol. The molecule has 3 nitrogen and oxygen atoms in total. The minimum Gasteiger partial charge on any atom is -0.380 e. The Hall–Kier alpha value is -0.610. The summed E-state index contributed by atoms with van der Waals surface area (Å²) in [6.07, 6.45) is 1.17. The van der Waals surface area contributed by atoms with Crippen LogP contribution < -0.4 is 0 Å². The minimum atomic E-state index is 0.517. The summed E-state index contributed by atoms with van der Waals surface area (Å²) in [5.74, 6) is 0.581. The molecule has 2 atom stereocenters. The van der Waals surface area contributed by atoms with E-state index in [0.29, 0.717) is 12.0 Å². The van der Waals surface area contributed by atoms with E-state index in [1.165, 1.54) is 12.0 Å². The molecule has 1 aliphatic rings. The van der Waals surface area contributed by atoms with Crippen molar-refractivity contribution in [3.63, 3.8) is 0 Å². The third-order valence-corrected chi connectivity index (χ3v) is 4.76. The Morgan fingerprint density at radius 1 is 1.33 bits per heavy atom. The number of hydrogen-bond acceptors (Lipinski definition) is 3. The molecule has 1 heterocycles. The highest BCUT2D eigenvalue weighted by atomic mass is 35.5. The van der Waals surface area contributed by atoms with E-state index in [1.54, 1.807) is 0 Å². The van der Waals surface area contributed by atoms with Crippen LogP contribution in [0.5, 0.6) is 0 Å². The van der Waals surface area contributed by atoms with Crippen LogP contribution in [-0.4, -0.2) is 56.2 Å². The second-order valence-corrected chi connectivity index (χ2v) is 6.64. The molecule has 0 N–H and O–H groups in total. The molecular formula is C17H27ClN2O. The van der Waals surface area contributed by atoms with Gasteiger partial charge in [0.1, 0.15) is 0 Å². The Balaban J connectivity index is 2.02. The zero-order valence-corrected chi connectivity index (χ0v) is 14.1. The molecule has 1 aromatic carbocycles. The maximum absolute atomic E-state index is 6.31. The van der Waals surface area contributed by atoms with E-state index in [-0.39, 0.29) is 0 Å². The quantitative estimate of drug-likeness (QED) is 0.831. The zero-order chi connectivity index (χ0) is 15.2. The lowest BCUT2D eigenvalue weighted by atomic mass is 9.96. The fourth-order valence-electron chi connectivity index (χ4n) is 2.87. The predicted molar refractivity (Wildman–Crippen MR) is 88.8 cm³/mol. The Morgan fingerprint density at radius 3 is 2.81 bits per heavy atom. The highest BCUT2D eigenvalue weighted by Crippen LogP contribution is 2.23. The fraction of sp³-hybridized carbons (Fsp3) is 0.647. The van der Waals surface area contributed by atoms with Crippen LogP contribution >= 0.6 is 11.6 Å². The highest BCUT2D eigenvalue weighted by Gasteiger charge is 2.26. The van der Waals surface area contributed by atoms with Gasteiger partial charge in [-0.25, -0.2) is 0 Å². The van der Waals surface area contributed by atoms with Crippen LogP contribution in [0, 0.1) is 5.92 Å². The van der Waals surface area contributed by atoms with Gasteiger partial charge < -0.3 is 9.64 Å². The van der Waals surface area contributed by atoms with Gasteiger partial charge in [-0.2, -0.15) is 0 Å². The van der Waals surface area contributed by atoms with Crippen molar-refractivity contribution in [1.29, 1.82) is 0 Å². The van der Waals surface area contributed by atoms with E-state index in [2.05, 4.69) is 43.0 Å². The van der Waals surface area contributed by atoms with Crippen molar-refractivity contribution < 1.29 is 4.74 Å².